The minimum Gasteiger partial charge on any atom is -0.396 e. The quantitative estimate of drug-likeness (QED) is 0.528. The zero-order valence-corrected chi connectivity index (χ0v) is 20.4. The molecular weight excluding hydrogens is 446 g/mol. The largest absolute Gasteiger partial charge is 0.396 e. The average Bonchev–Trinajstić information content (AvgIpc) is 3.35. The number of hydrogen-bond donors (Lipinski definition) is 3. The van der Waals surface area contributed by atoms with Crippen molar-refractivity contribution in [3.05, 3.63) is 42.5 Å². The zero-order valence-electron chi connectivity index (χ0n) is 20.4. The summed E-state index contributed by atoms with van der Waals surface area (Å²) in [6.07, 6.45) is 1.61. The van der Waals surface area contributed by atoms with Gasteiger partial charge in [0.1, 0.15) is 11.6 Å². The van der Waals surface area contributed by atoms with Crippen LogP contribution in [-0.2, 0) is 19.1 Å². The van der Waals surface area contributed by atoms with E-state index in [1.54, 1.807) is 11.9 Å². The van der Waals surface area contributed by atoms with Crippen LogP contribution in [-0.4, -0.2) is 65.2 Å². The summed E-state index contributed by atoms with van der Waals surface area (Å²) >= 11 is 0. The fourth-order valence-corrected chi connectivity index (χ4v) is 6.71. The van der Waals surface area contributed by atoms with E-state index >= 15 is 0 Å². The van der Waals surface area contributed by atoms with Gasteiger partial charge in [-0.25, -0.2) is 0 Å². The maximum absolute atomic E-state index is 13.9. The number of carbonyl (C=O) groups is 3. The minimum atomic E-state index is -1.07. The van der Waals surface area contributed by atoms with E-state index in [0.29, 0.717) is 31.5 Å². The third kappa shape index (κ3) is 3.45. The van der Waals surface area contributed by atoms with Gasteiger partial charge in [0.15, 0.2) is 0 Å². The maximum Gasteiger partial charge on any atom is 0.250 e. The van der Waals surface area contributed by atoms with Gasteiger partial charge in [0, 0.05) is 25.9 Å². The highest BCUT2D eigenvalue weighted by Gasteiger charge is 2.79. The van der Waals surface area contributed by atoms with Crippen LogP contribution in [0.15, 0.2) is 42.5 Å². The van der Waals surface area contributed by atoms with Crippen LogP contribution in [0.3, 0.4) is 0 Å². The second kappa shape index (κ2) is 8.60. The molecule has 5 rings (SSSR count). The molecule has 3 saturated heterocycles. The second-order valence-corrected chi connectivity index (χ2v) is 10.3. The first-order valence-electron chi connectivity index (χ1n) is 12.4. The van der Waals surface area contributed by atoms with Crippen molar-refractivity contribution >= 4 is 34.2 Å². The summed E-state index contributed by atoms with van der Waals surface area (Å²) in [5.74, 6) is -2.14. The number of unbranched alkanes of at least 4 members (excludes halogenated alkanes) is 1. The van der Waals surface area contributed by atoms with Gasteiger partial charge in [-0.3, -0.25) is 14.4 Å². The van der Waals surface area contributed by atoms with Gasteiger partial charge >= 0.3 is 0 Å². The van der Waals surface area contributed by atoms with Crippen molar-refractivity contribution in [2.75, 3.05) is 25.5 Å². The number of aliphatic hydroxyl groups is 1. The van der Waals surface area contributed by atoms with Crippen LogP contribution in [0.1, 0.15) is 33.1 Å². The monoisotopic (exact) mass is 479 g/mol. The van der Waals surface area contributed by atoms with Gasteiger partial charge in [0.25, 0.3) is 0 Å². The summed E-state index contributed by atoms with van der Waals surface area (Å²) in [7, 11) is 1.57. The molecule has 1 spiro atoms. The van der Waals surface area contributed by atoms with Crippen LogP contribution in [0.2, 0.25) is 0 Å². The van der Waals surface area contributed by atoms with Gasteiger partial charge in [-0.1, -0.05) is 37.3 Å². The molecule has 0 radical (unpaired) electrons. The summed E-state index contributed by atoms with van der Waals surface area (Å²) in [4.78, 5) is 42.3. The van der Waals surface area contributed by atoms with Crippen LogP contribution in [0.4, 0.5) is 5.69 Å². The third-order valence-corrected chi connectivity index (χ3v) is 8.42. The van der Waals surface area contributed by atoms with Gasteiger partial charge in [0.2, 0.25) is 17.7 Å². The Morgan fingerprint density at radius 2 is 1.89 bits per heavy atom. The summed E-state index contributed by atoms with van der Waals surface area (Å²) in [6.45, 7) is 4.25. The number of hydrogen-bond acceptors (Lipinski definition) is 5. The molecule has 3 aliphatic heterocycles. The standard InChI is InChI=1S/C27H33N3O5/c1-16-15-27-21(20(23(32)28-3)26(16,2)35-27)25(34)30(12-6-7-13-31)22(27)24(33)29-19-11-10-17-8-4-5-9-18(17)14-19/h4-5,8-11,14,16,20-22,31H,6-7,12-13,15H2,1-3H3,(H,28,32)(H,29,33)/t16?,20-,21-,22?,26+,27?/m0/s1. The molecule has 8 heteroatoms. The molecule has 2 aromatic rings. The molecule has 0 aliphatic carbocycles. The van der Waals surface area contributed by atoms with Crippen LogP contribution in [0.25, 0.3) is 10.8 Å². The second-order valence-electron chi connectivity index (χ2n) is 10.3. The number of ether oxygens (including phenoxy) is 1. The molecule has 8 nitrogen and oxygen atoms in total. The molecule has 186 valence electrons. The van der Waals surface area contributed by atoms with Crippen LogP contribution in [0, 0.1) is 17.8 Å². The minimum absolute atomic E-state index is 0.00205. The lowest BCUT2D eigenvalue weighted by atomic mass is 9.62. The molecular formula is C27H33N3O5. The summed E-state index contributed by atoms with van der Waals surface area (Å²) in [5, 5.41) is 17.1. The number of likely N-dealkylation sites (tertiary alicyclic amines) is 1. The highest BCUT2D eigenvalue weighted by molar-refractivity contribution is 6.04. The Morgan fingerprint density at radius 3 is 2.60 bits per heavy atom. The summed E-state index contributed by atoms with van der Waals surface area (Å²) in [5.41, 5.74) is -1.24. The number of anilines is 1. The van der Waals surface area contributed by atoms with E-state index in [1.807, 2.05) is 56.3 Å². The molecule has 3 N–H and O–H groups in total. The highest BCUT2D eigenvalue weighted by Crippen LogP contribution is 2.65. The SMILES string of the molecule is CNC(=O)[C@@H]1[C@H]2C(=O)N(CCCCO)C(C(=O)Nc3ccc4ccccc4c3)C23CC(C)[C@@]1(C)O3. The molecule has 35 heavy (non-hydrogen) atoms. The lowest BCUT2D eigenvalue weighted by Gasteiger charge is -2.36. The Hall–Kier alpha value is -2.97. The average molecular weight is 480 g/mol. The number of amides is 3. The van der Waals surface area contributed by atoms with Gasteiger partial charge in [-0.05, 0) is 55.0 Å². The molecule has 3 heterocycles. The van der Waals surface area contributed by atoms with Crippen molar-refractivity contribution in [1.82, 2.24) is 10.2 Å². The maximum atomic E-state index is 13.9. The first kappa shape index (κ1) is 23.8. The molecule has 3 unspecified atom stereocenters. The van der Waals surface area contributed by atoms with E-state index in [4.69, 9.17) is 4.74 Å². The topological polar surface area (TPSA) is 108 Å². The molecule has 3 aliphatic rings. The molecule has 3 amide bonds. The number of nitrogens with one attached hydrogen (secondary N) is 2. The summed E-state index contributed by atoms with van der Waals surface area (Å²) < 4.78 is 6.63. The number of rotatable bonds is 7. The van der Waals surface area contributed by atoms with E-state index in [0.717, 1.165) is 10.8 Å². The first-order valence-corrected chi connectivity index (χ1v) is 12.4. The van der Waals surface area contributed by atoms with Crippen LogP contribution >= 0.6 is 0 Å². The fourth-order valence-electron chi connectivity index (χ4n) is 6.71. The van der Waals surface area contributed by atoms with Crippen molar-refractivity contribution in [2.24, 2.45) is 17.8 Å². The smallest absolute Gasteiger partial charge is 0.250 e. The van der Waals surface area contributed by atoms with Crippen LogP contribution in [0.5, 0.6) is 0 Å². The normalized spacial score (nSPS) is 33.3. The zero-order chi connectivity index (χ0) is 25.0. The van der Waals surface area contributed by atoms with Crippen molar-refractivity contribution < 1.29 is 24.2 Å². The van der Waals surface area contributed by atoms with Gasteiger partial charge in [-0.2, -0.15) is 0 Å². The van der Waals surface area contributed by atoms with Crippen molar-refractivity contribution in [3.63, 3.8) is 0 Å². The van der Waals surface area contributed by atoms with Crippen molar-refractivity contribution in [1.29, 1.82) is 0 Å². The Labute approximate surface area is 205 Å². The molecule has 0 aromatic heterocycles. The number of nitrogens with zero attached hydrogens (tertiary/aromatic N) is 1. The first-order chi connectivity index (χ1) is 16.8. The fraction of sp³-hybridized carbons (Fsp3) is 0.519. The van der Waals surface area contributed by atoms with Gasteiger partial charge < -0.3 is 25.4 Å². The highest BCUT2D eigenvalue weighted by atomic mass is 16.5. The van der Waals surface area contributed by atoms with E-state index in [-0.39, 0.29) is 30.2 Å². The molecule has 2 bridgehead atoms. The Balaban J connectivity index is 1.52. The van der Waals surface area contributed by atoms with Gasteiger partial charge in [0.05, 0.1) is 17.4 Å². The predicted octanol–water partition coefficient (Wildman–Crippen LogP) is 2.31. The Bertz CT molecular complexity index is 1180. The van der Waals surface area contributed by atoms with Crippen molar-refractivity contribution in [2.45, 2.75) is 50.4 Å². The molecule has 0 saturated carbocycles. The molecule has 3 fully saturated rings. The van der Waals surface area contributed by atoms with Crippen molar-refractivity contribution in [3.8, 4) is 0 Å². The number of fused-ring (bicyclic) bond motifs is 2. The Morgan fingerprint density at radius 1 is 1.14 bits per heavy atom. The molecule has 6 atom stereocenters. The number of aliphatic hydroxyl groups excluding tert-OH is 1. The third-order valence-electron chi connectivity index (χ3n) is 8.42. The van der Waals surface area contributed by atoms with E-state index in [9.17, 15) is 19.5 Å². The lowest BCUT2D eigenvalue weighted by Crippen LogP contribution is -2.54. The van der Waals surface area contributed by atoms with Crippen LogP contribution < -0.4 is 10.6 Å². The lowest BCUT2D eigenvalue weighted by molar-refractivity contribution is -0.146. The van der Waals surface area contributed by atoms with E-state index < -0.39 is 29.1 Å². The predicted molar refractivity (Wildman–Crippen MR) is 131 cm³/mol. The number of benzene rings is 2. The Kier molecular flexibility index (Phi) is 5.84. The van der Waals surface area contributed by atoms with E-state index in [1.165, 1.54) is 0 Å². The summed E-state index contributed by atoms with van der Waals surface area (Å²) in [6, 6.07) is 12.8. The van der Waals surface area contributed by atoms with E-state index in [2.05, 4.69) is 10.6 Å². The van der Waals surface area contributed by atoms with Gasteiger partial charge in [-0.15, -0.1) is 0 Å². The molecule has 2 aromatic carbocycles. The number of carbonyl (C=O) groups excluding carboxylic acids is 3.